The fourth-order valence-corrected chi connectivity index (χ4v) is 5.03. The Balaban J connectivity index is 1.48. The molecule has 4 aromatic rings. The molecule has 10 heteroatoms. The predicted octanol–water partition coefficient (Wildman–Crippen LogP) is 2.61. The van der Waals surface area contributed by atoms with E-state index in [1.54, 1.807) is 49.5 Å². The molecular formula is C25H25N5O4S. The zero-order valence-corrected chi connectivity index (χ0v) is 19.9. The van der Waals surface area contributed by atoms with E-state index in [1.807, 2.05) is 24.3 Å². The molecule has 5 N–H and O–H groups in total. The number of sulfonamides is 1. The second kappa shape index (κ2) is 9.98. The number of carbonyl (C=O) groups excluding carboxylic acids is 1. The highest BCUT2D eigenvalue weighted by atomic mass is 32.2. The van der Waals surface area contributed by atoms with Crippen LogP contribution in [-0.4, -0.2) is 24.3 Å². The molecule has 180 valence electrons. The highest BCUT2D eigenvalue weighted by Crippen LogP contribution is 2.20. The molecule has 0 aliphatic carbocycles. The standard InChI is InChI=1S/C25H25N5O4S/c1-16-11-20(23(25(32)29-16)30-35(33,34)15-17-5-3-2-4-6-17)13-22(31)28-14-18-7-8-21-19(12-18)9-10-27-24(21)26/h2-12,30H,13-15H2,1H3,(H2,26,27)(H,28,31)(H,29,32). The number of benzene rings is 2. The number of aromatic amines is 1. The molecule has 0 fully saturated rings. The zero-order valence-electron chi connectivity index (χ0n) is 19.0. The van der Waals surface area contributed by atoms with Crippen LogP contribution in [0.15, 0.2) is 71.7 Å². The van der Waals surface area contributed by atoms with Crippen LogP contribution in [0.4, 0.5) is 11.5 Å². The van der Waals surface area contributed by atoms with Gasteiger partial charge in [-0.05, 0) is 47.2 Å². The highest BCUT2D eigenvalue weighted by Gasteiger charge is 2.19. The molecule has 0 saturated heterocycles. The molecule has 0 saturated carbocycles. The van der Waals surface area contributed by atoms with E-state index in [2.05, 4.69) is 20.0 Å². The van der Waals surface area contributed by atoms with Crippen molar-refractivity contribution in [1.82, 2.24) is 15.3 Å². The van der Waals surface area contributed by atoms with Crippen molar-refractivity contribution in [2.45, 2.75) is 25.6 Å². The van der Waals surface area contributed by atoms with E-state index in [1.165, 1.54) is 0 Å². The number of carbonyl (C=O) groups is 1. The van der Waals surface area contributed by atoms with Gasteiger partial charge >= 0.3 is 0 Å². The highest BCUT2D eigenvalue weighted by molar-refractivity contribution is 7.91. The molecule has 0 atom stereocenters. The fraction of sp³-hybridized carbons (Fsp3) is 0.160. The maximum atomic E-state index is 12.7. The first kappa shape index (κ1) is 24.0. The van der Waals surface area contributed by atoms with Gasteiger partial charge in [0.2, 0.25) is 15.9 Å². The van der Waals surface area contributed by atoms with Crippen LogP contribution >= 0.6 is 0 Å². The lowest BCUT2D eigenvalue weighted by molar-refractivity contribution is -0.120. The first-order chi connectivity index (χ1) is 16.7. The Labute approximate surface area is 202 Å². The van der Waals surface area contributed by atoms with E-state index < -0.39 is 15.6 Å². The number of aromatic nitrogens is 2. The van der Waals surface area contributed by atoms with Gasteiger partial charge in [-0.25, -0.2) is 13.4 Å². The number of amides is 1. The smallest absolute Gasteiger partial charge is 0.272 e. The summed E-state index contributed by atoms with van der Waals surface area (Å²) >= 11 is 0. The Morgan fingerprint density at radius 3 is 2.60 bits per heavy atom. The van der Waals surface area contributed by atoms with Gasteiger partial charge in [0.05, 0.1) is 12.2 Å². The monoisotopic (exact) mass is 491 g/mol. The van der Waals surface area contributed by atoms with Gasteiger partial charge in [-0.2, -0.15) is 0 Å². The van der Waals surface area contributed by atoms with Gasteiger partial charge in [-0.3, -0.25) is 14.3 Å². The number of hydrogen-bond acceptors (Lipinski definition) is 6. The van der Waals surface area contributed by atoms with Crippen molar-refractivity contribution in [3.63, 3.8) is 0 Å². The number of hydrogen-bond donors (Lipinski definition) is 4. The molecule has 0 aliphatic heterocycles. The lowest BCUT2D eigenvalue weighted by Gasteiger charge is -2.13. The molecule has 0 aliphatic rings. The Morgan fingerprint density at radius 2 is 1.83 bits per heavy atom. The number of nitrogen functional groups attached to an aromatic ring is 1. The Hall–Kier alpha value is -4.18. The summed E-state index contributed by atoms with van der Waals surface area (Å²) in [5, 5.41) is 4.56. The molecule has 2 aromatic heterocycles. The molecule has 0 spiro atoms. The van der Waals surface area contributed by atoms with Crippen LogP contribution in [0.3, 0.4) is 0 Å². The Bertz CT molecular complexity index is 1550. The van der Waals surface area contributed by atoms with Crippen LogP contribution in [0.25, 0.3) is 10.8 Å². The average molecular weight is 492 g/mol. The van der Waals surface area contributed by atoms with Crippen molar-refractivity contribution < 1.29 is 13.2 Å². The quantitative estimate of drug-likeness (QED) is 0.298. The minimum absolute atomic E-state index is 0.157. The lowest BCUT2D eigenvalue weighted by Crippen LogP contribution is -2.28. The number of H-pyrrole nitrogens is 1. The molecule has 0 bridgehead atoms. The van der Waals surface area contributed by atoms with Crippen LogP contribution in [0.1, 0.15) is 22.4 Å². The number of fused-ring (bicyclic) bond motifs is 1. The zero-order chi connectivity index (χ0) is 25.0. The summed E-state index contributed by atoms with van der Waals surface area (Å²) in [5.41, 5.74) is 7.37. The van der Waals surface area contributed by atoms with Crippen molar-refractivity contribution in [2.24, 2.45) is 0 Å². The molecule has 2 aromatic carbocycles. The number of aryl methyl sites for hydroxylation is 1. The maximum absolute atomic E-state index is 12.7. The summed E-state index contributed by atoms with van der Waals surface area (Å²) in [6.45, 7) is 1.93. The lowest BCUT2D eigenvalue weighted by atomic mass is 10.1. The third kappa shape index (κ3) is 6.04. The number of nitrogens with one attached hydrogen (secondary N) is 3. The number of pyridine rings is 2. The molecular weight excluding hydrogens is 466 g/mol. The van der Waals surface area contributed by atoms with Gasteiger partial charge in [-0.15, -0.1) is 0 Å². The molecule has 0 radical (unpaired) electrons. The summed E-state index contributed by atoms with van der Waals surface area (Å²) in [7, 11) is -3.88. The van der Waals surface area contributed by atoms with Crippen molar-refractivity contribution in [3.8, 4) is 0 Å². The van der Waals surface area contributed by atoms with E-state index >= 15 is 0 Å². The normalized spacial score (nSPS) is 11.3. The summed E-state index contributed by atoms with van der Waals surface area (Å²) < 4.78 is 27.8. The van der Waals surface area contributed by atoms with Crippen LogP contribution in [0.5, 0.6) is 0 Å². The second-order valence-electron chi connectivity index (χ2n) is 8.23. The van der Waals surface area contributed by atoms with Crippen LogP contribution in [0.2, 0.25) is 0 Å². The van der Waals surface area contributed by atoms with Crippen molar-refractivity contribution in [1.29, 1.82) is 0 Å². The average Bonchev–Trinajstić information content (AvgIpc) is 2.80. The summed E-state index contributed by atoms with van der Waals surface area (Å²) in [5.74, 6) is -0.215. The maximum Gasteiger partial charge on any atom is 0.272 e. The van der Waals surface area contributed by atoms with Crippen LogP contribution < -0.4 is 21.3 Å². The Morgan fingerprint density at radius 1 is 1.06 bits per heavy atom. The fourth-order valence-electron chi connectivity index (χ4n) is 3.79. The Kier molecular flexibility index (Phi) is 6.83. The number of anilines is 2. The van der Waals surface area contributed by atoms with Gasteiger partial charge in [-0.1, -0.05) is 42.5 Å². The largest absolute Gasteiger partial charge is 0.383 e. The molecule has 4 rings (SSSR count). The minimum atomic E-state index is -3.88. The van der Waals surface area contributed by atoms with E-state index in [-0.39, 0.29) is 35.9 Å². The van der Waals surface area contributed by atoms with Crippen molar-refractivity contribution >= 4 is 38.2 Å². The van der Waals surface area contributed by atoms with E-state index in [9.17, 15) is 18.0 Å². The van der Waals surface area contributed by atoms with E-state index in [0.717, 1.165) is 16.3 Å². The van der Waals surface area contributed by atoms with Crippen molar-refractivity contribution in [3.05, 3.63) is 99.6 Å². The first-order valence-corrected chi connectivity index (χ1v) is 12.5. The third-order valence-electron chi connectivity index (χ3n) is 5.41. The SMILES string of the molecule is Cc1cc(CC(=O)NCc2ccc3c(N)nccc3c2)c(NS(=O)(=O)Cc2ccccc2)c(=O)[nH]1. The summed E-state index contributed by atoms with van der Waals surface area (Å²) in [4.78, 5) is 31.9. The molecule has 9 nitrogen and oxygen atoms in total. The predicted molar refractivity (Wildman–Crippen MR) is 136 cm³/mol. The van der Waals surface area contributed by atoms with E-state index in [4.69, 9.17) is 5.73 Å². The van der Waals surface area contributed by atoms with Gasteiger partial charge < -0.3 is 16.0 Å². The summed E-state index contributed by atoms with van der Waals surface area (Å²) in [6, 6.07) is 17.7. The second-order valence-corrected chi connectivity index (χ2v) is 9.96. The van der Waals surface area contributed by atoms with Crippen molar-refractivity contribution in [2.75, 3.05) is 10.5 Å². The molecule has 0 unspecified atom stereocenters. The number of rotatable bonds is 8. The topological polar surface area (TPSA) is 147 Å². The van der Waals surface area contributed by atoms with E-state index in [0.29, 0.717) is 17.1 Å². The molecule has 2 heterocycles. The van der Waals surface area contributed by atoms with Crippen LogP contribution in [0, 0.1) is 6.92 Å². The number of nitrogens with zero attached hydrogens (tertiary/aromatic N) is 1. The van der Waals surface area contributed by atoms with Gasteiger partial charge in [0.15, 0.2) is 0 Å². The van der Waals surface area contributed by atoms with Crippen LogP contribution in [-0.2, 0) is 33.5 Å². The molecule has 1 amide bonds. The number of nitrogens with two attached hydrogens (primary N) is 1. The van der Waals surface area contributed by atoms with Gasteiger partial charge in [0, 0.05) is 23.8 Å². The van der Waals surface area contributed by atoms with Gasteiger partial charge in [0.1, 0.15) is 11.5 Å². The minimum Gasteiger partial charge on any atom is -0.383 e. The summed E-state index contributed by atoms with van der Waals surface area (Å²) in [6.07, 6.45) is 1.45. The van der Waals surface area contributed by atoms with Gasteiger partial charge in [0.25, 0.3) is 5.56 Å². The molecule has 35 heavy (non-hydrogen) atoms. The third-order valence-corrected chi connectivity index (χ3v) is 6.64. The first-order valence-electron chi connectivity index (χ1n) is 10.9.